The maximum Gasteiger partial charge on any atom is 0.305 e. The van der Waals surface area contributed by atoms with Gasteiger partial charge >= 0.3 is 6.01 Å². The molecule has 0 saturated heterocycles. The van der Waals surface area contributed by atoms with Gasteiger partial charge in [-0.1, -0.05) is 19.8 Å². The molecule has 0 amide bonds. The van der Waals surface area contributed by atoms with Crippen LogP contribution in [0.2, 0.25) is 0 Å². The normalized spacial score (nSPS) is 10.9. The van der Waals surface area contributed by atoms with Gasteiger partial charge in [-0.15, -0.1) is 0 Å². The van der Waals surface area contributed by atoms with Gasteiger partial charge in [0.05, 0.1) is 18.3 Å². The van der Waals surface area contributed by atoms with E-state index in [4.69, 9.17) is 4.74 Å². The number of imidazole rings is 1. The Hall–Kier alpha value is -2.83. The molecule has 0 saturated carbocycles. The number of aromatic nitrogens is 5. The Bertz CT molecular complexity index is 845. The van der Waals surface area contributed by atoms with Gasteiger partial charge in [0.15, 0.2) is 5.65 Å². The van der Waals surface area contributed by atoms with E-state index in [1.54, 1.807) is 12.4 Å². The van der Waals surface area contributed by atoms with E-state index in [9.17, 15) is 4.79 Å². The Morgan fingerprint density at radius 2 is 1.96 bits per heavy atom. The third kappa shape index (κ3) is 3.10. The SMILES string of the molecule is CCCCCC(=O)n1c(OC)nc2nc(-c3cncnc3)ccc21. The summed E-state index contributed by atoms with van der Waals surface area (Å²) in [7, 11) is 1.50. The van der Waals surface area contributed by atoms with E-state index in [0.29, 0.717) is 23.3 Å². The van der Waals surface area contributed by atoms with E-state index in [0.717, 1.165) is 24.8 Å². The van der Waals surface area contributed by atoms with E-state index in [1.807, 2.05) is 12.1 Å². The summed E-state index contributed by atoms with van der Waals surface area (Å²) in [5, 5.41) is 0. The fourth-order valence-corrected chi connectivity index (χ4v) is 2.55. The van der Waals surface area contributed by atoms with Gasteiger partial charge in [-0.3, -0.25) is 4.79 Å². The van der Waals surface area contributed by atoms with Crippen molar-refractivity contribution in [3.8, 4) is 17.3 Å². The number of rotatable bonds is 6. The Labute approximate surface area is 139 Å². The second-order valence-electron chi connectivity index (χ2n) is 5.45. The lowest BCUT2D eigenvalue weighted by molar-refractivity contribution is 0.0893. The molecule has 0 aliphatic rings. The number of hydrogen-bond acceptors (Lipinski definition) is 6. The van der Waals surface area contributed by atoms with Crippen LogP contribution in [0.25, 0.3) is 22.4 Å². The number of ether oxygens (including phenoxy) is 1. The highest BCUT2D eigenvalue weighted by molar-refractivity contribution is 5.91. The minimum Gasteiger partial charge on any atom is -0.468 e. The van der Waals surface area contributed by atoms with Gasteiger partial charge in [-0.05, 0) is 18.6 Å². The summed E-state index contributed by atoms with van der Waals surface area (Å²) in [6.45, 7) is 2.11. The highest BCUT2D eigenvalue weighted by Crippen LogP contribution is 2.24. The van der Waals surface area contributed by atoms with Crippen LogP contribution in [0.15, 0.2) is 30.9 Å². The lowest BCUT2D eigenvalue weighted by atomic mass is 10.2. The summed E-state index contributed by atoms with van der Waals surface area (Å²) in [6.07, 6.45) is 8.25. The van der Waals surface area contributed by atoms with Crippen molar-refractivity contribution in [2.45, 2.75) is 32.6 Å². The number of unbranched alkanes of at least 4 members (excludes halogenated alkanes) is 2. The fourth-order valence-electron chi connectivity index (χ4n) is 2.55. The largest absolute Gasteiger partial charge is 0.468 e. The third-order valence-electron chi connectivity index (χ3n) is 3.77. The summed E-state index contributed by atoms with van der Waals surface area (Å²) < 4.78 is 6.77. The standard InChI is InChI=1S/C17H19N5O2/c1-3-4-5-6-15(23)22-14-8-7-13(12-9-18-11-19-10-12)20-16(14)21-17(22)24-2/h7-11H,3-6H2,1-2H3. The molecule has 0 bridgehead atoms. The Morgan fingerprint density at radius 1 is 1.17 bits per heavy atom. The number of methoxy groups -OCH3 is 1. The van der Waals surface area contributed by atoms with Crippen LogP contribution in [-0.4, -0.2) is 37.5 Å². The number of fused-ring (bicyclic) bond motifs is 1. The monoisotopic (exact) mass is 325 g/mol. The number of carbonyl (C=O) groups is 1. The molecule has 0 atom stereocenters. The summed E-state index contributed by atoms with van der Waals surface area (Å²) in [6, 6.07) is 3.93. The maximum atomic E-state index is 12.5. The van der Waals surface area contributed by atoms with E-state index >= 15 is 0 Å². The average molecular weight is 325 g/mol. The van der Waals surface area contributed by atoms with Gasteiger partial charge in [-0.25, -0.2) is 19.5 Å². The molecule has 0 spiro atoms. The van der Waals surface area contributed by atoms with Crippen LogP contribution >= 0.6 is 0 Å². The zero-order chi connectivity index (χ0) is 16.9. The van der Waals surface area contributed by atoms with Crippen molar-refractivity contribution >= 4 is 17.1 Å². The average Bonchev–Trinajstić information content (AvgIpc) is 3.00. The van der Waals surface area contributed by atoms with E-state index in [1.165, 1.54) is 18.0 Å². The van der Waals surface area contributed by atoms with E-state index in [-0.39, 0.29) is 11.9 Å². The lowest BCUT2D eigenvalue weighted by Crippen LogP contribution is -2.11. The molecule has 0 aromatic carbocycles. The van der Waals surface area contributed by atoms with Crippen molar-refractivity contribution in [2.24, 2.45) is 0 Å². The number of hydrogen-bond donors (Lipinski definition) is 0. The zero-order valence-corrected chi connectivity index (χ0v) is 13.8. The molecule has 7 heteroatoms. The minimum absolute atomic E-state index is 0.0274. The second-order valence-corrected chi connectivity index (χ2v) is 5.45. The Balaban J connectivity index is 1.99. The molecule has 0 N–H and O–H groups in total. The molecule has 0 fully saturated rings. The highest BCUT2D eigenvalue weighted by atomic mass is 16.5. The summed E-state index contributed by atoms with van der Waals surface area (Å²) >= 11 is 0. The van der Waals surface area contributed by atoms with Crippen LogP contribution in [0.3, 0.4) is 0 Å². The molecule has 3 aromatic heterocycles. The molecule has 124 valence electrons. The molecule has 0 aliphatic carbocycles. The van der Waals surface area contributed by atoms with Crippen LogP contribution in [0, 0.1) is 0 Å². The number of carbonyl (C=O) groups excluding carboxylic acids is 1. The zero-order valence-electron chi connectivity index (χ0n) is 13.8. The highest BCUT2D eigenvalue weighted by Gasteiger charge is 2.18. The van der Waals surface area contributed by atoms with Crippen molar-refractivity contribution in [2.75, 3.05) is 7.11 Å². The number of pyridine rings is 1. The van der Waals surface area contributed by atoms with Crippen molar-refractivity contribution in [1.29, 1.82) is 0 Å². The Morgan fingerprint density at radius 3 is 2.67 bits per heavy atom. The molecule has 24 heavy (non-hydrogen) atoms. The van der Waals surface area contributed by atoms with Crippen LogP contribution < -0.4 is 4.74 Å². The molecule has 3 aromatic rings. The van der Waals surface area contributed by atoms with Crippen LogP contribution in [-0.2, 0) is 0 Å². The first-order valence-electron chi connectivity index (χ1n) is 7.96. The molecule has 0 radical (unpaired) electrons. The fraction of sp³-hybridized carbons (Fsp3) is 0.353. The smallest absolute Gasteiger partial charge is 0.305 e. The topological polar surface area (TPSA) is 82.8 Å². The first kappa shape index (κ1) is 16.0. The van der Waals surface area contributed by atoms with Gasteiger partial charge in [0, 0.05) is 24.4 Å². The first-order valence-corrected chi connectivity index (χ1v) is 7.96. The maximum absolute atomic E-state index is 12.5. The van der Waals surface area contributed by atoms with Crippen molar-refractivity contribution in [3.05, 3.63) is 30.9 Å². The summed E-state index contributed by atoms with van der Waals surface area (Å²) in [5.74, 6) is -0.0274. The van der Waals surface area contributed by atoms with Crippen molar-refractivity contribution in [1.82, 2.24) is 24.5 Å². The molecular formula is C17H19N5O2. The first-order chi connectivity index (χ1) is 11.7. The van der Waals surface area contributed by atoms with E-state index < -0.39 is 0 Å². The molecular weight excluding hydrogens is 306 g/mol. The van der Waals surface area contributed by atoms with Crippen molar-refractivity contribution in [3.63, 3.8) is 0 Å². The summed E-state index contributed by atoms with van der Waals surface area (Å²) in [4.78, 5) is 29.4. The predicted octanol–water partition coefficient (Wildman–Crippen LogP) is 3.12. The predicted molar refractivity (Wildman–Crippen MR) is 89.9 cm³/mol. The quantitative estimate of drug-likeness (QED) is 0.648. The Kier molecular flexibility index (Phi) is 4.79. The molecule has 0 unspecified atom stereocenters. The van der Waals surface area contributed by atoms with Crippen LogP contribution in [0.4, 0.5) is 0 Å². The number of nitrogens with zero attached hydrogens (tertiary/aromatic N) is 5. The second kappa shape index (κ2) is 7.16. The molecule has 0 aliphatic heterocycles. The van der Waals surface area contributed by atoms with Gasteiger partial charge in [0.25, 0.3) is 0 Å². The molecule has 7 nitrogen and oxygen atoms in total. The summed E-state index contributed by atoms with van der Waals surface area (Å²) in [5.41, 5.74) is 2.61. The third-order valence-corrected chi connectivity index (χ3v) is 3.77. The lowest BCUT2D eigenvalue weighted by Gasteiger charge is -2.06. The van der Waals surface area contributed by atoms with E-state index in [2.05, 4.69) is 26.9 Å². The molecule has 3 rings (SSSR count). The molecule has 3 heterocycles. The van der Waals surface area contributed by atoms with Gasteiger partial charge in [-0.2, -0.15) is 4.98 Å². The van der Waals surface area contributed by atoms with Gasteiger partial charge < -0.3 is 4.74 Å². The van der Waals surface area contributed by atoms with Gasteiger partial charge in [0.1, 0.15) is 6.33 Å². The van der Waals surface area contributed by atoms with Crippen LogP contribution in [0.1, 0.15) is 37.4 Å². The van der Waals surface area contributed by atoms with Gasteiger partial charge in [0.2, 0.25) is 5.91 Å². The minimum atomic E-state index is -0.0274. The van der Waals surface area contributed by atoms with Crippen molar-refractivity contribution < 1.29 is 9.53 Å². The van der Waals surface area contributed by atoms with Crippen LogP contribution in [0.5, 0.6) is 6.01 Å².